The number of pyridine rings is 1. The monoisotopic (exact) mass is 368 g/mol. The minimum atomic E-state index is -0.197. The number of nitrogens with zero attached hydrogens (tertiary/aromatic N) is 4. The van der Waals surface area contributed by atoms with Crippen molar-refractivity contribution in [2.75, 3.05) is 6.61 Å². The maximum atomic E-state index is 12.4. The molecule has 0 aliphatic carbocycles. The molecule has 3 aromatic heterocycles. The Morgan fingerprint density at radius 2 is 2.22 bits per heavy atom. The van der Waals surface area contributed by atoms with Gasteiger partial charge in [-0.15, -0.1) is 0 Å². The maximum Gasteiger partial charge on any atom is 0.315 e. The number of amides is 2. The van der Waals surface area contributed by atoms with E-state index in [2.05, 4.69) is 34.6 Å². The van der Waals surface area contributed by atoms with Crippen molar-refractivity contribution < 1.29 is 9.53 Å². The van der Waals surface area contributed by atoms with Gasteiger partial charge in [0.1, 0.15) is 6.10 Å². The molecule has 0 aromatic carbocycles. The second-order valence-electron chi connectivity index (χ2n) is 7.12. The fraction of sp³-hybridized carbons (Fsp3) is 0.421. The van der Waals surface area contributed by atoms with Gasteiger partial charge in [-0.05, 0) is 31.9 Å². The molecule has 27 heavy (non-hydrogen) atoms. The highest BCUT2D eigenvalue weighted by atomic mass is 16.5. The van der Waals surface area contributed by atoms with E-state index in [1.165, 1.54) is 0 Å². The fourth-order valence-corrected chi connectivity index (χ4v) is 3.32. The van der Waals surface area contributed by atoms with Gasteiger partial charge in [-0.25, -0.2) is 9.78 Å². The molecule has 4 rings (SSSR count). The number of carbonyl (C=O) groups excluding carboxylic acids is 1. The Hall–Kier alpha value is -2.87. The molecule has 2 amide bonds. The number of fused-ring (bicyclic) bond motifs is 1. The molecule has 0 saturated carbocycles. The number of aromatic nitrogens is 4. The molecule has 0 spiro atoms. The Bertz CT molecular complexity index is 931. The predicted octanol–water partition coefficient (Wildman–Crippen LogP) is 2.44. The molecule has 0 radical (unpaired) electrons. The normalized spacial score (nSPS) is 19.7. The average molecular weight is 368 g/mol. The zero-order valence-corrected chi connectivity index (χ0v) is 15.5. The second kappa shape index (κ2) is 7.40. The maximum absolute atomic E-state index is 12.4. The van der Waals surface area contributed by atoms with Crippen LogP contribution >= 0.6 is 0 Å². The van der Waals surface area contributed by atoms with Crippen LogP contribution in [0.15, 0.2) is 43.2 Å². The summed E-state index contributed by atoms with van der Waals surface area (Å²) in [6, 6.07) is 4.00. The Morgan fingerprint density at radius 3 is 3.04 bits per heavy atom. The molecule has 3 aromatic rings. The van der Waals surface area contributed by atoms with Crippen molar-refractivity contribution in [1.82, 2.24) is 29.8 Å². The van der Waals surface area contributed by atoms with Crippen LogP contribution in [0.1, 0.15) is 43.5 Å². The van der Waals surface area contributed by atoms with Crippen LogP contribution in [0.3, 0.4) is 0 Å². The minimum absolute atomic E-state index is 0.0639. The van der Waals surface area contributed by atoms with Gasteiger partial charge in [0.15, 0.2) is 0 Å². The highest BCUT2D eigenvalue weighted by molar-refractivity contribution is 5.74. The van der Waals surface area contributed by atoms with Crippen molar-refractivity contribution >= 4 is 11.5 Å². The first-order valence-electron chi connectivity index (χ1n) is 9.21. The van der Waals surface area contributed by atoms with Crippen LogP contribution in [-0.4, -0.2) is 37.8 Å². The quantitative estimate of drug-likeness (QED) is 0.724. The first-order chi connectivity index (χ1) is 13.1. The van der Waals surface area contributed by atoms with Crippen LogP contribution in [0, 0.1) is 0 Å². The molecule has 1 aliphatic heterocycles. The summed E-state index contributed by atoms with van der Waals surface area (Å²) in [7, 11) is 0. The number of imidazole rings is 1. The third kappa shape index (κ3) is 3.80. The van der Waals surface area contributed by atoms with E-state index in [-0.39, 0.29) is 18.2 Å². The fourth-order valence-electron chi connectivity index (χ4n) is 3.32. The Kier molecular flexibility index (Phi) is 4.81. The summed E-state index contributed by atoms with van der Waals surface area (Å²) in [4.78, 5) is 16.5. The van der Waals surface area contributed by atoms with Gasteiger partial charge < -0.3 is 19.8 Å². The number of hydrogen-bond donors (Lipinski definition) is 2. The van der Waals surface area contributed by atoms with E-state index in [4.69, 9.17) is 4.74 Å². The van der Waals surface area contributed by atoms with Gasteiger partial charge in [-0.1, -0.05) is 6.07 Å². The predicted molar refractivity (Wildman–Crippen MR) is 100 cm³/mol. The lowest BCUT2D eigenvalue weighted by molar-refractivity contribution is 0.0998. The largest absolute Gasteiger partial charge is 0.371 e. The van der Waals surface area contributed by atoms with Gasteiger partial charge in [0.2, 0.25) is 0 Å². The van der Waals surface area contributed by atoms with E-state index in [9.17, 15) is 4.79 Å². The van der Waals surface area contributed by atoms with Gasteiger partial charge in [0.05, 0.1) is 30.3 Å². The van der Waals surface area contributed by atoms with E-state index in [1.807, 2.05) is 39.8 Å². The standard InChI is InChI=1S/C19H24N6O2/c1-13(2)25-11-15(8-22-25)18-17(5-6-27-18)23-19(26)21-7-14-3-4-16-9-20-12-24(16)10-14/h3-4,8-13,17-18H,5-7H2,1-2H3,(H2,21,23,26)/t17-,18+/m1/s1. The van der Waals surface area contributed by atoms with E-state index in [0.29, 0.717) is 19.2 Å². The van der Waals surface area contributed by atoms with Gasteiger partial charge >= 0.3 is 6.03 Å². The summed E-state index contributed by atoms with van der Waals surface area (Å²) >= 11 is 0. The molecule has 142 valence electrons. The van der Waals surface area contributed by atoms with Crippen molar-refractivity contribution in [1.29, 1.82) is 0 Å². The van der Waals surface area contributed by atoms with E-state index >= 15 is 0 Å². The number of nitrogens with one attached hydrogen (secondary N) is 2. The summed E-state index contributed by atoms with van der Waals surface area (Å²) in [5.41, 5.74) is 3.03. The van der Waals surface area contributed by atoms with Crippen molar-refractivity contribution in [3.63, 3.8) is 0 Å². The van der Waals surface area contributed by atoms with Crippen molar-refractivity contribution in [3.8, 4) is 0 Å². The minimum Gasteiger partial charge on any atom is -0.371 e. The molecule has 8 heteroatoms. The Morgan fingerprint density at radius 1 is 1.33 bits per heavy atom. The highest BCUT2D eigenvalue weighted by Gasteiger charge is 2.32. The molecule has 2 atom stereocenters. The molecule has 8 nitrogen and oxygen atoms in total. The smallest absolute Gasteiger partial charge is 0.315 e. The van der Waals surface area contributed by atoms with Gasteiger partial charge in [0.25, 0.3) is 0 Å². The zero-order valence-electron chi connectivity index (χ0n) is 15.5. The topological polar surface area (TPSA) is 85.5 Å². The summed E-state index contributed by atoms with van der Waals surface area (Å²) in [5, 5.41) is 10.3. The average Bonchev–Trinajstić information content (AvgIpc) is 3.39. The van der Waals surface area contributed by atoms with Crippen molar-refractivity contribution in [3.05, 3.63) is 54.4 Å². The zero-order chi connectivity index (χ0) is 18.8. The number of carbonyl (C=O) groups is 1. The van der Waals surface area contributed by atoms with Crippen LogP contribution in [-0.2, 0) is 11.3 Å². The van der Waals surface area contributed by atoms with Gasteiger partial charge in [-0.2, -0.15) is 5.10 Å². The molecular weight excluding hydrogens is 344 g/mol. The lowest BCUT2D eigenvalue weighted by Crippen LogP contribution is -2.43. The molecule has 1 aliphatic rings. The van der Waals surface area contributed by atoms with Crippen LogP contribution < -0.4 is 10.6 Å². The lowest BCUT2D eigenvalue weighted by atomic mass is 10.1. The van der Waals surface area contributed by atoms with Crippen molar-refractivity contribution in [2.24, 2.45) is 0 Å². The van der Waals surface area contributed by atoms with E-state index in [0.717, 1.165) is 23.1 Å². The molecule has 1 fully saturated rings. The second-order valence-corrected chi connectivity index (χ2v) is 7.12. The van der Waals surface area contributed by atoms with Gasteiger partial charge in [0, 0.05) is 37.2 Å². The SMILES string of the molecule is CC(C)n1cc([C@@H]2OCC[C@H]2NC(=O)NCc2ccc3cncn3c2)cn1. The number of urea groups is 1. The molecule has 2 N–H and O–H groups in total. The Labute approximate surface area is 157 Å². The first kappa shape index (κ1) is 17.5. The van der Waals surface area contributed by atoms with Crippen LogP contribution in [0.4, 0.5) is 4.79 Å². The third-order valence-corrected chi connectivity index (χ3v) is 4.81. The van der Waals surface area contributed by atoms with Crippen LogP contribution in [0.2, 0.25) is 0 Å². The van der Waals surface area contributed by atoms with Crippen LogP contribution in [0.25, 0.3) is 5.52 Å². The number of ether oxygens (including phenoxy) is 1. The molecule has 1 saturated heterocycles. The number of hydrogen-bond acceptors (Lipinski definition) is 4. The summed E-state index contributed by atoms with van der Waals surface area (Å²) in [6.45, 7) is 5.23. The summed E-state index contributed by atoms with van der Waals surface area (Å²) in [6.07, 6.45) is 9.94. The molecular formula is C19H24N6O2. The van der Waals surface area contributed by atoms with Gasteiger partial charge in [-0.3, -0.25) is 4.68 Å². The van der Waals surface area contributed by atoms with E-state index in [1.54, 1.807) is 12.5 Å². The summed E-state index contributed by atoms with van der Waals surface area (Å²) in [5.74, 6) is 0. The molecule has 4 heterocycles. The van der Waals surface area contributed by atoms with E-state index < -0.39 is 0 Å². The third-order valence-electron chi connectivity index (χ3n) is 4.81. The van der Waals surface area contributed by atoms with Crippen LogP contribution in [0.5, 0.6) is 0 Å². The number of rotatable bonds is 5. The first-order valence-corrected chi connectivity index (χ1v) is 9.21. The Balaban J connectivity index is 1.35. The molecule has 0 bridgehead atoms. The van der Waals surface area contributed by atoms with Crippen molar-refractivity contribution in [2.45, 2.75) is 45.0 Å². The summed E-state index contributed by atoms with van der Waals surface area (Å²) < 4.78 is 9.68. The highest BCUT2D eigenvalue weighted by Crippen LogP contribution is 2.29. The molecule has 0 unspecified atom stereocenters. The lowest BCUT2D eigenvalue weighted by Gasteiger charge is -2.19.